The van der Waals surface area contributed by atoms with Crippen LogP contribution in [0.1, 0.15) is 21.8 Å². The third-order valence-electron chi connectivity index (χ3n) is 1.86. The minimum Gasteiger partial charge on any atom is -0.366 e. The largest absolute Gasteiger partial charge is 0.366 e. The summed E-state index contributed by atoms with van der Waals surface area (Å²) in [6, 6.07) is 5.04. The van der Waals surface area contributed by atoms with Gasteiger partial charge in [-0.25, -0.2) is 0 Å². The van der Waals surface area contributed by atoms with Crippen LogP contribution in [-0.2, 0) is 0 Å². The van der Waals surface area contributed by atoms with E-state index < -0.39 is 18.5 Å². The Morgan fingerprint density at radius 1 is 1.57 bits per heavy atom. The SMILES string of the molecule is [CH2]C(CF)c1cc(I)cc(C(N)=O)c1. The van der Waals surface area contributed by atoms with Gasteiger partial charge >= 0.3 is 0 Å². The van der Waals surface area contributed by atoms with Crippen LogP contribution in [0.15, 0.2) is 18.2 Å². The van der Waals surface area contributed by atoms with E-state index in [-0.39, 0.29) is 0 Å². The predicted molar refractivity (Wildman–Crippen MR) is 61.7 cm³/mol. The Bertz CT molecular complexity index is 354. The van der Waals surface area contributed by atoms with Gasteiger partial charge in [0.1, 0.15) is 0 Å². The fourth-order valence-corrected chi connectivity index (χ4v) is 1.77. The van der Waals surface area contributed by atoms with Crippen LogP contribution in [-0.4, -0.2) is 12.6 Å². The Morgan fingerprint density at radius 2 is 2.21 bits per heavy atom. The van der Waals surface area contributed by atoms with Gasteiger partial charge in [-0.2, -0.15) is 0 Å². The summed E-state index contributed by atoms with van der Waals surface area (Å²) >= 11 is 2.06. The molecule has 0 heterocycles. The highest BCUT2D eigenvalue weighted by molar-refractivity contribution is 14.1. The van der Waals surface area contributed by atoms with Gasteiger partial charge in [-0.15, -0.1) is 0 Å². The minimum atomic E-state index is -0.543. The molecule has 14 heavy (non-hydrogen) atoms. The summed E-state index contributed by atoms with van der Waals surface area (Å²) in [5.74, 6) is -0.946. The van der Waals surface area contributed by atoms with Crippen molar-refractivity contribution in [1.29, 1.82) is 0 Å². The monoisotopic (exact) mass is 306 g/mol. The molecule has 1 atom stereocenters. The van der Waals surface area contributed by atoms with E-state index in [0.717, 1.165) is 3.57 Å². The van der Waals surface area contributed by atoms with Crippen molar-refractivity contribution >= 4 is 28.5 Å². The van der Waals surface area contributed by atoms with Crippen LogP contribution in [0.2, 0.25) is 0 Å². The van der Waals surface area contributed by atoms with E-state index in [4.69, 9.17) is 5.73 Å². The zero-order valence-electron chi connectivity index (χ0n) is 7.47. The molecule has 0 aliphatic carbocycles. The molecule has 0 fully saturated rings. The normalized spacial score (nSPS) is 12.5. The lowest BCUT2D eigenvalue weighted by Crippen LogP contribution is -2.12. The Hall–Kier alpha value is -0.650. The lowest BCUT2D eigenvalue weighted by Gasteiger charge is -2.08. The predicted octanol–water partition coefficient (Wildman–Crippen LogP) is 2.28. The number of benzene rings is 1. The number of nitrogens with two attached hydrogens (primary N) is 1. The molecular weight excluding hydrogens is 296 g/mol. The van der Waals surface area contributed by atoms with Gasteiger partial charge in [-0.05, 0) is 53.3 Å². The molecule has 1 radical (unpaired) electrons. The molecule has 0 saturated heterocycles. The van der Waals surface area contributed by atoms with E-state index in [1.807, 2.05) is 0 Å². The van der Waals surface area contributed by atoms with Crippen molar-refractivity contribution in [2.45, 2.75) is 5.92 Å². The standard InChI is InChI=1S/C10H10FINO/c1-6(5-11)7-2-8(10(13)14)4-9(12)3-7/h2-4,6H,1,5H2,(H2,13,14). The second kappa shape index (κ2) is 4.72. The summed E-state index contributed by atoms with van der Waals surface area (Å²) < 4.78 is 13.2. The number of primary amides is 1. The first-order valence-corrected chi connectivity index (χ1v) is 5.12. The summed E-state index contributed by atoms with van der Waals surface area (Å²) in [5, 5.41) is 0. The second-order valence-electron chi connectivity index (χ2n) is 2.99. The van der Waals surface area contributed by atoms with Crippen LogP contribution in [0.5, 0.6) is 0 Å². The third kappa shape index (κ3) is 2.67. The highest BCUT2D eigenvalue weighted by Gasteiger charge is 2.09. The number of carbonyl (C=O) groups is 1. The maximum Gasteiger partial charge on any atom is 0.248 e. The molecule has 75 valence electrons. The molecule has 1 rings (SSSR count). The summed E-state index contributed by atoms with van der Waals surface area (Å²) in [6.45, 7) is 3.09. The summed E-state index contributed by atoms with van der Waals surface area (Å²) in [5.41, 5.74) is 6.24. The Balaban J connectivity index is 3.13. The number of alkyl halides is 1. The van der Waals surface area contributed by atoms with Crippen molar-refractivity contribution in [3.63, 3.8) is 0 Å². The Kier molecular flexibility index (Phi) is 3.86. The van der Waals surface area contributed by atoms with Gasteiger partial charge in [0.25, 0.3) is 0 Å². The zero-order valence-corrected chi connectivity index (χ0v) is 9.62. The van der Waals surface area contributed by atoms with Crippen molar-refractivity contribution in [3.8, 4) is 0 Å². The van der Waals surface area contributed by atoms with Crippen molar-refractivity contribution in [2.24, 2.45) is 5.73 Å². The van der Waals surface area contributed by atoms with E-state index in [9.17, 15) is 9.18 Å². The van der Waals surface area contributed by atoms with Crippen molar-refractivity contribution in [3.05, 3.63) is 39.8 Å². The van der Waals surface area contributed by atoms with Crippen LogP contribution in [0.3, 0.4) is 0 Å². The third-order valence-corrected chi connectivity index (χ3v) is 2.49. The fraction of sp³-hybridized carbons (Fsp3) is 0.200. The molecule has 2 nitrogen and oxygen atoms in total. The number of amides is 1. The van der Waals surface area contributed by atoms with E-state index in [1.54, 1.807) is 18.2 Å². The fourth-order valence-electron chi connectivity index (χ4n) is 1.08. The molecule has 0 aliphatic rings. The number of rotatable bonds is 3. The maximum absolute atomic E-state index is 12.4. The summed E-state index contributed by atoms with van der Waals surface area (Å²) in [4.78, 5) is 10.9. The molecule has 4 heteroatoms. The molecule has 1 unspecified atom stereocenters. The molecule has 0 bridgehead atoms. The van der Waals surface area contributed by atoms with Crippen LogP contribution < -0.4 is 5.73 Å². The molecule has 0 spiro atoms. The van der Waals surface area contributed by atoms with Gasteiger partial charge in [0.15, 0.2) is 0 Å². The average molecular weight is 306 g/mol. The van der Waals surface area contributed by atoms with Crippen LogP contribution in [0, 0.1) is 10.5 Å². The average Bonchev–Trinajstić information content (AvgIpc) is 2.15. The lowest BCUT2D eigenvalue weighted by molar-refractivity contribution is 0.1000. The topological polar surface area (TPSA) is 43.1 Å². The summed E-state index contributed by atoms with van der Waals surface area (Å²) in [6.07, 6.45) is 0. The number of hydrogen-bond acceptors (Lipinski definition) is 1. The Labute approximate surface area is 95.8 Å². The van der Waals surface area contributed by atoms with E-state index >= 15 is 0 Å². The first kappa shape index (κ1) is 11.4. The quantitative estimate of drug-likeness (QED) is 0.855. The van der Waals surface area contributed by atoms with Crippen molar-refractivity contribution in [2.75, 3.05) is 6.67 Å². The Morgan fingerprint density at radius 3 is 2.71 bits per heavy atom. The molecular formula is C10H10FINO. The second-order valence-corrected chi connectivity index (χ2v) is 4.23. The van der Waals surface area contributed by atoms with Gasteiger partial charge < -0.3 is 5.73 Å². The first-order valence-electron chi connectivity index (χ1n) is 4.04. The zero-order chi connectivity index (χ0) is 10.7. The van der Waals surface area contributed by atoms with E-state index in [2.05, 4.69) is 29.5 Å². The maximum atomic E-state index is 12.4. The van der Waals surface area contributed by atoms with Gasteiger partial charge in [0, 0.05) is 15.1 Å². The van der Waals surface area contributed by atoms with Crippen LogP contribution in [0.4, 0.5) is 4.39 Å². The van der Waals surface area contributed by atoms with Crippen molar-refractivity contribution < 1.29 is 9.18 Å². The number of carbonyl (C=O) groups excluding carboxylic acids is 1. The molecule has 1 aromatic rings. The first-order chi connectivity index (χ1) is 6.54. The molecule has 0 aromatic heterocycles. The van der Waals surface area contributed by atoms with E-state index in [0.29, 0.717) is 11.1 Å². The van der Waals surface area contributed by atoms with Crippen molar-refractivity contribution in [1.82, 2.24) is 0 Å². The minimum absolute atomic E-state index is 0.397. The molecule has 0 aliphatic heterocycles. The van der Waals surface area contributed by atoms with Gasteiger partial charge in [-0.3, -0.25) is 9.18 Å². The van der Waals surface area contributed by atoms with Gasteiger partial charge in [-0.1, -0.05) is 0 Å². The smallest absolute Gasteiger partial charge is 0.248 e. The lowest BCUT2D eigenvalue weighted by atomic mass is 10.0. The van der Waals surface area contributed by atoms with E-state index in [1.165, 1.54) is 0 Å². The summed E-state index contributed by atoms with van der Waals surface area (Å²) in [7, 11) is 0. The molecule has 2 N–H and O–H groups in total. The number of hydrogen-bond donors (Lipinski definition) is 1. The highest BCUT2D eigenvalue weighted by Crippen LogP contribution is 2.20. The van der Waals surface area contributed by atoms with Crippen LogP contribution in [0.25, 0.3) is 0 Å². The highest BCUT2D eigenvalue weighted by atomic mass is 127. The number of halogens is 2. The van der Waals surface area contributed by atoms with Gasteiger partial charge in [0.2, 0.25) is 5.91 Å². The van der Waals surface area contributed by atoms with Gasteiger partial charge in [0.05, 0.1) is 6.67 Å². The molecule has 1 aromatic carbocycles. The van der Waals surface area contributed by atoms with Crippen LogP contribution >= 0.6 is 22.6 Å². The molecule has 0 saturated carbocycles. The molecule has 1 amide bonds.